The predicted molar refractivity (Wildman–Crippen MR) is 88.0 cm³/mol. The van der Waals surface area contributed by atoms with Crippen LogP contribution in [0.25, 0.3) is 11.1 Å². The third kappa shape index (κ3) is 3.88. The highest BCUT2D eigenvalue weighted by Gasteiger charge is 2.14. The van der Waals surface area contributed by atoms with E-state index in [0.717, 1.165) is 17.5 Å². The molecule has 2 N–H and O–H groups in total. The van der Waals surface area contributed by atoms with Crippen molar-refractivity contribution in [3.8, 4) is 16.9 Å². The maximum absolute atomic E-state index is 11.7. The normalized spacial score (nSPS) is 10.2. The molecule has 0 aliphatic rings. The Labute approximate surface area is 134 Å². The molecular formula is C18H19NO4. The molecule has 0 aromatic heterocycles. The van der Waals surface area contributed by atoms with Gasteiger partial charge in [0, 0.05) is 12.6 Å². The highest BCUT2D eigenvalue weighted by atomic mass is 16.5. The molecule has 0 fully saturated rings. The van der Waals surface area contributed by atoms with Crippen molar-refractivity contribution in [2.75, 3.05) is 13.7 Å². The zero-order valence-electron chi connectivity index (χ0n) is 13.1. The Morgan fingerprint density at radius 3 is 2.52 bits per heavy atom. The minimum absolute atomic E-state index is 0.112. The first-order chi connectivity index (χ1) is 11.1. The van der Waals surface area contributed by atoms with E-state index in [2.05, 4.69) is 5.32 Å². The number of carboxylic acid groups (broad SMARTS) is 1. The maximum Gasteiger partial charge on any atom is 0.339 e. The molecule has 5 nitrogen and oxygen atoms in total. The molecule has 0 aliphatic heterocycles. The van der Waals surface area contributed by atoms with Crippen LogP contribution in [-0.4, -0.2) is 30.6 Å². The largest absolute Gasteiger partial charge is 0.493 e. The molecule has 120 valence electrons. The number of carboxylic acids is 1. The predicted octanol–water partition coefficient (Wildman–Crippen LogP) is 3.20. The third-order valence-electron chi connectivity index (χ3n) is 3.36. The van der Waals surface area contributed by atoms with E-state index >= 15 is 0 Å². The number of hydrogen-bond donors (Lipinski definition) is 2. The van der Waals surface area contributed by atoms with Gasteiger partial charge >= 0.3 is 5.97 Å². The molecule has 0 heterocycles. The van der Waals surface area contributed by atoms with Crippen LogP contribution in [0.15, 0.2) is 42.5 Å². The van der Waals surface area contributed by atoms with Gasteiger partial charge in [-0.2, -0.15) is 0 Å². The smallest absolute Gasteiger partial charge is 0.339 e. The Hall–Kier alpha value is -2.82. The number of amides is 1. The monoisotopic (exact) mass is 313 g/mol. The van der Waals surface area contributed by atoms with Gasteiger partial charge < -0.3 is 15.2 Å². The summed E-state index contributed by atoms with van der Waals surface area (Å²) >= 11 is 0. The fourth-order valence-corrected chi connectivity index (χ4v) is 2.20. The van der Waals surface area contributed by atoms with Crippen LogP contribution in [0.2, 0.25) is 0 Å². The molecular weight excluding hydrogens is 294 g/mol. The van der Waals surface area contributed by atoms with E-state index in [1.165, 1.54) is 0 Å². The van der Waals surface area contributed by atoms with Crippen LogP contribution in [0.1, 0.15) is 34.1 Å². The molecule has 0 radical (unpaired) electrons. The number of hydrogen-bond acceptors (Lipinski definition) is 3. The van der Waals surface area contributed by atoms with Crippen molar-refractivity contribution in [3.63, 3.8) is 0 Å². The second-order valence-electron chi connectivity index (χ2n) is 5.02. The summed E-state index contributed by atoms with van der Waals surface area (Å²) in [7, 11) is 1.57. The van der Waals surface area contributed by atoms with Crippen LogP contribution in [0.3, 0.4) is 0 Å². The first-order valence-electron chi connectivity index (χ1n) is 7.39. The molecule has 0 spiro atoms. The summed E-state index contributed by atoms with van der Waals surface area (Å²) in [6, 6.07) is 12.0. The molecule has 0 saturated carbocycles. The Morgan fingerprint density at radius 1 is 1.13 bits per heavy atom. The van der Waals surface area contributed by atoms with Crippen molar-refractivity contribution < 1.29 is 19.4 Å². The van der Waals surface area contributed by atoms with E-state index in [1.54, 1.807) is 43.4 Å². The van der Waals surface area contributed by atoms with Gasteiger partial charge in [-0.05, 0) is 41.8 Å². The van der Waals surface area contributed by atoms with Gasteiger partial charge in [0.1, 0.15) is 11.3 Å². The summed E-state index contributed by atoms with van der Waals surface area (Å²) in [5.41, 5.74) is 2.13. The van der Waals surface area contributed by atoms with Crippen LogP contribution in [-0.2, 0) is 0 Å². The van der Waals surface area contributed by atoms with Gasteiger partial charge in [0.25, 0.3) is 5.91 Å². The Balaban J connectivity index is 2.42. The van der Waals surface area contributed by atoms with Gasteiger partial charge in [0.2, 0.25) is 0 Å². The molecule has 5 heteroatoms. The van der Waals surface area contributed by atoms with E-state index in [4.69, 9.17) is 4.74 Å². The van der Waals surface area contributed by atoms with Crippen molar-refractivity contribution in [3.05, 3.63) is 53.6 Å². The van der Waals surface area contributed by atoms with Crippen LogP contribution in [0, 0.1) is 0 Å². The second-order valence-corrected chi connectivity index (χ2v) is 5.02. The van der Waals surface area contributed by atoms with Crippen LogP contribution < -0.4 is 10.1 Å². The zero-order chi connectivity index (χ0) is 16.8. The molecule has 2 aromatic rings. The summed E-state index contributed by atoms with van der Waals surface area (Å²) in [5, 5.41) is 11.9. The SMILES string of the molecule is CCCOc1ccc(-c2cccc(C(=O)NC)c2)cc1C(=O)O. The number of aromatic carboxylic acids is 1. The lowest BCUT2D eigenvalue weighted by molar-refractivity contribution is 0.0692. The second kappa shape index (κ2) is 7.45. The topological polar surface area (TPSA) is 75.6 Å². The van der Waals surface area contributed by atoms with Gasteiger partial charge in [-0.1, -0.05) is 25.1 Å². The summed E-state index contributed by atoms with van der Waals surface area (Å²) < 4.78 is 5.47. The van der Waals surface area contributed by atoms with Crippen molar-refractivity contribution in [2.45, 2.75) is 13.3 Å². The summed E-state index contributed by atoms with van der Waals surface area (Å²) in [6.45, 7) is 2.42. The lowest BCUT2D eigenvalue weighted by Gasteiger charge is -2.11. The minimum atomic E-state index is -1.04. The van der Waals surface area contributed by atoms with Gasteiger partial charge in [-0.15, -0.1) is 0 Å². The van der Waals surface area contributed by atoms with Crippen molar-refractivity contribution in [2.24, 2.45) is 0 Å². The number of nitrogens with one attached hydrogen (secondary N) is 1. The van der Waals surface area contributed by atoms with E-state index in [-0.39, 0.29) is 11.5 Å². The molecule has 0 aliphatic carbocycles. The zero-order valence-corrected chi connectivity index (χ0v) is 13.1. The third-order valence-corrected chi connectivity index (χ3v) is 3.36. The van der Waals surface area contributed by atoms with Crippen molar-refractivity contribution in [1.82, 2.24) is 5.32 Å². The van der Waals surface area contributed by atoms with Gasteiger partial charge in [-0.3, -0.25) is 4.79 Å². The Kier molecular flexibility index (Phi) is 5.36. The molecule has 2 aromatic carbocycles. The first-order valence-corrected chi connectivity index (χ1v) is 7.39. The maximum atomic E-state index is 11.7. The minimum Gasteiger partial charge on any atom is -0.493 e. The summed E-state index contributed by atoms with van der Waals surface area (Å²) in [5.74, 6) is -0.876. The first kappa shape index (κ1) is 16.5. The number of benzene rings is 2. The van der Waals surface area contributed by atoms with Crippen molar-refractivity contribution >= 4 is 11.9 Å². The number of carbonyl (C=O) groups excluding carboxylic acids is 1. The van der Waals surface area contributed by atoms with Gasteiger partial charge in [-0.25, -0.2) is 4.79 Å². The Morgan fingerprint density at radius 2 is 1.87 bits per heavy atom. The number of rotatable bonds is 6. The van der Waals surface area contributed by atoms with Gasteiger partial charge in [0.05, 0.1) is 6.61 Å². The van der Waals surface area contributed by atoms with Gasteiger partial charge in [0.15, 0.2) is 0 Å². The molecule has 0 atom stereocenters. The standard InChI is InChI=1S/C18H19NO4/c1-3-9-23-16-8-7-13(11-15(16)18(21)22)12-5-4-6-14(10-12)17(20)19-2/h4-8,10-11H,3,9H2,1-2H3,(H,19,20)(H,21,22). The van der Waals surface area contributed by atoms with Crippen LogP contribution in [0.4, 0.5) is 0 Å². The van der Waals surface area contributed by atoms with Crippen LogP contribution in [0.5, 0.6) is 5.75 Å². The number of carbonyl (C=O) groups is 2. The lowest BCUT2D eigenvalue weighted by Crippen LogP contribution is -2.17. The molecule has 0 unspecified atom stereocenters. The highest BCUT2D eigenvalue weighted by molar-refractivity contribution is 5.96. The summed E-state index contributed by atoms with van der Waals surface area (Å²) in [6.07, 6.45) is 0.801. The molecule has 2 rings (SSSR count). The quantitative estimate of drug-likeness (QED) is 0.858. The van der Waals surface area contributed by atoms with Crippen LogP contribution >= 0.6 is 0 Å². The van der Waals surface area contributed by atoms with E-state index in [9.17, 15) is 14.7 Å². The van der Waals surface area contributed by atoms with E-state index < -0.39 is 5.97 Å². The highest BCUT2D eigenvalue weighted by Crippen LogP contribution is 2.27. The molecule has 1 amide bonds. The Bertz CT molecular complexity index is 725. The number of ether oxygens (including phenoxy) is 1. The molecule has 23 heavy (non-hydrogen) atoms. The molecule has 0 saturated heterocycles. The fourth-order valence-electron chi connectivity index (χ4n) is 2.20. The lowest BCUT2D eigenvalue weighted by atomic mass is 10.00. The van der Waals surface area contributed by atoms with E-state index in [1.807, 2.05) is 13.0 Å². The average molecular weight is 313 g/mol. The average Bonchev–Trinajstić information content (AvgIpc) is 2.59. The van der Waals surface area contributed by atoms with Crippen molar-refractivity contribution in [1.29, 1.82) is 0 Å². The summed E-state index contributed by atoms with van der Waals surface area (Å²) in [4.78, 5) is 23.2. The molecule has 0 bridgehead atoms. The van der Waals surface area contributed by atoms with E-state index in [0.29, 0.717) is 17.9 Å². The fraction of sp³-hybridized carbons (Fsp3) is 0.222.